The molecule has 0 saturated carbocycles. The minimum atomic E-state index is 0.143. The Morgan fingerprint density at radius 1 is 1.32 bits per heavy atom. The fourth-order valence-electron chi connectivity index (χ4n) is 4.20. The van der Waals surface area contributed by atoms with Crippen LogP contribution < -0.4 is 0 Å². The highest BCUT2D eigenvalue weighted by Gasteiger charge is 2.24. The number of fused-ring (bicyclic) bond motifs is 4. The number of benzene rings is 1. The molecule has 1 aromatic carbocycles. The second kappa shape index (κ2) is 7.01. The summed E-state index contributed by atoms with van der Waals surface area (Å²) in [5, 5.41) is 3.13. The molecule has 5 rings (SSSR count). The lowest BCUT2D eigenvalue weighted by Gasteiger charge is -2.18. The highest BCUT2D eigenvalue weighted by atomic mass is 32.2. The van der Waals surface area contributed by atoms with Crippen LogP contribution in [0.15, 0.2) is 35.6 Å². The van der Waals surface area contributed by atoms with Gasteiger partial charge >= 0.3 is 0 Å². The number of aryl methyl sites for hydroxylation is 2. The lowest BCUT2D eigenvalue weighted by atomic mass is 9.89. The molecule has 0 saturated heterocycles. The second-order valence-corrected chi connectivity index (χ2v) is 9.64. The van der Waals surface area contributed by atoms with Crippen molar-refractivity contribution in [3.63, 3.8) is 0 Å². The molecule has 0 amide bonds. The Morgan fingerprint density at radius 2 is 2.18 bits per heavy atom. The van der Waals surface area contributed by atoms with Crippen molar-refractivity contribution in [2.45, 2.75) is 38.1 Å². The third-order valence-electron chi connectivity index (χ3n) is 5.57. The molecule has 0 spiro atoms. The first kappa shape index (κ1) is 17.9. The number of hydrogen-bond donors (Lipinski definition) is 1. The van der Waals surface area contributed by atoms with Gasteiger partial charge in [-0.05, 0) is 43.7 Å². The molecule has 1 atom stereocenters. The van der Waals surface area contributed by atoms with Crippen molar-refractivity contribution in [2.24, 2.45) is 5.92 Å². The number of thiophene rings is 1. The fourth-order valence-corrected chi connectivity index (χ4v) is 6.51. The Kier molecular flexibility index (Phi) is 4.48. The molecule has 6 heteroatoms. The van der Waals surface area contributed by atoms with Crippen LogP contribution in [0, 0.1) is 12.8 Å². The first-order valence-corrected chi connectivity index (χ1v) is 11.4. The summed E-state index contributed by atoms with van der Waals surface area (Å²) in [4.78, 5) is 27.9. The number of H-pyrrole nitrogens is 1. The Balaban J connectivity index is 1.46. The van der Waals surface area contributed by atoms with Crippen molar-refractivity contribution in [3.05, 3.63) is 52.3 Å². The summed E-state index contributed by atoms with van der Waals surface area (Å²) in [7, 11) is 0. The molecule has 0 unspecified atom stereocenters. The van der Waals surface area contributed by atoms with Gasteiger partial charge in [-0.3, -0.25) is 4.79 Å². The average molecular weight is 408 g/mol. The lowest BCUT2D eigenvalue weighted by molar-refractivity contribution is 0.102. The largest absolute Gasteiger partial charge is 0.358 e. The van der Waals surface area contributed by atoms with E-state index in [0.29, 0.717) is 5.75 Å². The van der Waals surface area contributed by atoms with Crippen LogP contribution in [0.2, 0.25) is 0 Å². The number of nitrogens with one attached hydrogen (secondary N) is 1. The topological polar surface area (TPSA) is 58.6 Å². The molecule has 3 heterocycles. The maximum absolute atomic E-state index is 13.0. The van der Waals surface area contributed by atoms with Crippen LogP contribution in [-0.2, 0) is 12.8 Å². The highest BCUT2D eigenvalue weighted by molar-refractivity contribution is 8.00. The van der Waals surface area contributed by atoms with E-state index in [9.17, 15) is 4.79 Å². The summed E-state index contributed by atoms with van der Waals surface area (Å²) >= 11 is 3.34. The molecule has 3 aromatic heterocycles. The van der Waals surface area contributed by atoms with Crippen molar-refractivity contribution in [1.82, 2.24) is 15.0 Å². The van der Waals surface area contributed by atoms with Gasteiger partial charge in [-0.1, -0.05) is 36.9 Å². The molecule has 1 aliphatic rings. The molecule has 28 heavy (non-hydrogen) atoms. The number of Topliss-reactive ketones (excluding diaryl/α,β-unsaturated/α-hetero) is 1. The van der Waals surface area contributed by atoms with E-state index < -0.39 is 0 Å². The molecule has 0 aliphatic heterocycles. The van der Waals surface area contributed by atoms with Crippen molar-refractivity contribution in [2.75, 3.05) is 5.75 Å². The van der Waals surface area contributed by atoms with E-state index in [1.165, 1.54) is 22.2 Å². The molecular weight excluding hydrogens is 386 g/mol. The summed E-state index contributed by atoms with van der Waals surface area (Å²) in [5.41, 5.74) is 4.16. The number of carbonyl (C=O) groups is 1. The molecular formula is C22H21N3OS2. The number of carbonyl (C=O) groups excluding carboxylic acids is 1. The van der Waals surface area contributed by atoms with Crippen molar-refractivity contribution >= 4 is 50.0 Å². The molecule has 1 aliphatic carbocycles. The van der Waals surface area contributed by atoms with E-state index in [4.69, 9.17) is 0 Å². The van der Waals surface area contributed by atoms with Gasteiger partial charge in [-0.15, -0.1) is 11.3 Å². The number of rotatable bonds is 4. The Hall–Kier alpha value is -2.18. The van der Waals surface area contributed by atoms with Crippen molar-refractivity contribution < 1.29 is 4.79 Å². The minimum absolute atomic E-state index is 0.143. The fraction of sp³-hybridized carbons (Fsp3) is 0.318. The zero-order valence-corrected chi connectivity index (χ0v) is 17.5. The van der Waals surface area contributed by atoms with Gasteiger partial charge in [0.05, 0.1) is 5.75 Å². The molecule has 0 radical (unpaired) electrons. The van der Waals surface area contributed by atoms with E-state index in [0.717, 1.165) is 50.8 Å². The summed E-state index contributed by atoms with van der Waals surface area (Å²) < 4.78 is 0. The van der Waals surface area contributed by atoms with Gasteiger partial charge in [-0.25, -0.2) is 9.97 Å². The summed E-state index contributed by atoms with van der Waals surface area (Å²) in [6, 6.07) is 7.99. The number of aromatic amines is 1. The lowest BCUT2D eigenvalue weighted by Crippen LogP contribution is -2.09. The van der Waals surface area contributed by atoms with E-state index in [1.807, 2.05) is 31.2 Å². The maximum Gasteiger partial charge on any atom is 0.175 e. The molecule has 142 valence electrons. The average Bonchev–Trinajstić information content (AvgIpc) is 3.22. The van der Waals surface area contributed by atoms with E-state index >= 15 is 0 Å². The molecule has 1 N–H and O–H groups in total. The van der Waals surface area contributed by atoms with Crippen LogP contribution >= 0.6 is 23.1 Å². The van der Waals surface area contributed by atoms with Gasteiger partial charge in [-0.2, -0.15) is 0 Å². The van der Waals surface area contributed by atoms with Gasteiger partial charge in [0.2, 0.25) is 0 Å². The third-order valence-corrected chi connectivity index (χ3v) is 7.72. The third kappa shape index (κ3) is 2.95. The monoisotopic (exact) mass is 407 g/mol. The number of para-hydroxylation sites is 1. The Labute approximate surface area is 171 Å². The maximum atomic E-state index is 13.0. The van der Waals surface area contributed by atoms with Gasteiger partial charge in [0.25, 0.3) is 0 Å². The molecule has 0 bridgehead atoms. The van der Waals surface area contributed by atoms with Crippen LogP contribution in [0.25, 0.3) is 21.1 Å². The van der Waals surface area contributed by atoms with Gasteiger partial charge in [0.1, 0.15) is 16.2 Å². The normalized spacial score (nSPS) is 16.6. The zero-order chi connectivity index (χ0) is 19.3. The van der Waals surface area contributed by atoms with E-state index in [-0.39, 0.29) is 5.78 Å². The second-order valence-electron chi connectivity index (χ2n) is 7.59. The smallest absolute Gasteiger partial charge is 0.175 e. The highest BCUT2D eigenvalue weighted by Crippen LogP contribution is 2.40. The molecule has 4 aromatic rings. The Morgan fingerprint density at radius 3 is 3.07 bits per heavy atom. The van der Waals surface area contributed by atoms with Gasteiger partial charge in [0, 0.05) is 32.4 Å². The van der Waals surface area contributed by atoms with Gasteiger partial charge in [0.15, 0.2) is 5.78 Å². The zero-order valence-electron chi connectivity index (χ0n) is 15.9. The van der Waals surface area contributed by atoms with Crippen molar-refractivity contribution in [1.29, 1.82) is 0 Å². The summed E-state index contributed by atoms with van der Waals surface area (Å²) in [6.07, 6.45) is 5.07. The number of nitrogens with zero attached hydrogens (tertiary/aromatic N) is 2. The number of hydrogen-bond acceptors (Lipinski definition) is 5. The van der Waals surface area contributed by atoms with Crippen LogP contribution in [0.4, 0.5) is 0 Å². The summed E-state index contributed by atoms with van der Waals surface area (Å²) in [5.74, 6) is 1.26. The first-order valence-electron chi connectivity index (χ1n) is 9.60. The number of aromatic nitrogens is 3. The molecule has 4 nitrogen and oxygen atoms in total. The van der Waals surface area contributed by atoms with Crippen LogP contribution in [0.5, 0.6) is 0 Å². The van der Waals surface area contributed by atoms with Gasteiger partial charge < -0.3 is 4.98 Å². The molecule has 0 fully saturated rings. The SMILES string of the molecule is Cc1[nH]c2ccccc2c1C(=O)CSc1ncnc2sc3c(c12)CC[C@H](C)C3. The van der Waals surface area contributed by atoms with Crippen molar-refractivity contribution in [3.8, 4) is 0 Å². The standard InChI is InChI=1S/C22H21N3OS2/c1-12-7-8-15-18(9-12)28-22-20(15)21(23-11-24-22)27-10-17(26)19-13(2)25-16-6-4-3-5-14(16)19/h3-6,11-12,25H,7-10H2,1-2H3/t12-/m0/s1. The van der Waals surface area contributed by atoms with Crippen LogP contribution in [0.1, 0.15) is 39.8 Å². The first-order chi connectivity index (χ1) is 13.6. The minimum Gasteiger partial charge on any atom is -0.358 e. The predicted molar refractivity (Wildman–Crippen MR) is 117 cm³/mol. The van der Waals surface area contributed by atoms with E-state index in [1.54, 1.807) is 29.4 Å². The Bertz CT molecular complexity index is 1210. The van der Waals surface area contributed by atoms with Crippen LogP contribution in [0.3, 0.4) is 0 Å². The number of thioether (sulfide) groups is 1. The quantitative estimate of drug-likeness (QED) is 0.272. The van der Waals surface area contributed by atoms with Crippen LogP contribution in [-0.4, -0.2) is 26.5 Å². The van der Waals surface area contributed by atoms with E-state index in [2.05, 4.69) is 21.9 Å². The summed E-state index contributed by atoms with van der Waals surface area (Å²) in [6.45, 7) is 4.29. The number of ketones is 1. The predicted octanol–water partition coefficient (Wildman–Crippen LogP) is 5.58.